The highest BCUT2D eigenvalue weighted by molar-refractivity contribution is 5.92. The SMILES string of the molecule is CCCCOCCNc1nc2ccccn2c1C(=O)O. The lowest BCUT2D eigenvalue weighted by atomic mass is 10.4. The minimum atomic E-state index is -1.00. The molecule has 0 saturated carbocycles. The Morgan fingerprint density at radius 2 is 2.30 bits per heavy atom. The number of aromatic carboxylic acids is 1. The monoisotopic (exact) mass is 277 g/mol. The van der Waals surface area contributed by atoms with Crippen LogP contribution in [-0.2, 0) is 4.74 Å². The number of hydrogen-bond donors (Lipinski definition) is 2. The maximum Gasteiger partial charge on any atom is 0.356 e. The second-order valence-electron chi connectivity index (χ2n) is 4.44. The molecule has 0 aliphatic heterocycles. The van der Waals surface area contributed by atoms with Crippen LogP contribution < -0.4 is 5.32 Å². The summed E-state index contributed by atoms with van der Waals surface area (Å²) in [6.07, 6.45) is 3.83. The lowest BCUT2D eigenvalue weighted by Crippen LogP contribution is -2.13. The number of pyridine rings is 1. The van der Waals surface area contributed by atoms with E-state index in [0.29, 0.717) is 24.6 Å². The molecule has 0 unspecified atom stereocenters. The van der Waals surface area contributed by atoms with Crippen LogP contribution in [0.15, 0.2) is 24.4 Å². The Hall–Kier alpha value is -2.08. The summed E-state index contributed by atoms with van der Waals surface area (Å²) in [6, 6.07) is 5.37. The van der Waals surface area contributed by atoms with Crippen molar-refractivity contribution in [2.75, 3.05) is 25.1 Å². The molecule has 20 heavy (non-hydrogen) atoms. The minimum absolute atomic E-state index is 0.147. The fraction of sp³-hybridized carbons (Fsp3) is 0.429. The Labute approximate surface area is 117 Å². The Bertz CT molecular complexity index is 580. The lowest BCUT2D eigenvalue weighted by Gasteiger charge is -2.05. The number of nitrogens with one attached hydrogen (secondary N) is 1. The quantitative estimate of drug-likeness (QED) is 0.724. The van der Waals surface area contributed by atoms with Gasteiger partial charge in [0, 0.05) is 19.3 Å². The number of anilines is 1. The highest BCUT2D eigenvalue weighted by atomic mass is 16.5. The number of rotatable bonds is 8. The first-order valence-electron chi connectivity index (χ1n) is 6.76. The molecule has 0 radical (unpaired) electrons. The van der Waals surface area contributed by atoms with E-state index in [2.05, 4.69) is 17.2 Å². The molecule has 0 amide bonds. The maximum atomic E-state index is 11.3. The van der Waals surface area contributed by atoms with Gasteiger partial charge in [-0.25, -0.2) is 9.78 Å². The zero-order valence-electron chi connectivity index (χ0n) is 11.5. The summed E-state index contributed by atoms with van der Waals surface area (Å²) in [5, 5.41) is 12.3. The molecule has 0 aliphatic carbocycles. The zero-order chi connectivity index (χ0) is 14.4. The van der Waals surface area contributed by atoms with Crippen molar-refractivity contribution in [3.63, 3.8) is 0 Å². The smallest absolute Gasteiger partial charge is 0.356 e. The van der Waals surface area contributed by atoms with Crippen LogP contribution in [0.4, 0.5) is 5.82 Å². The van der Waals surface area contributed by atoms with Crippen molar-refractivity contribution in [1.29, 1.82) is 0 Å². The van der Waals surface area contributed by atoms with Crippen LogP contribution in [-0.4, -0.2) is 40.2 Å². The van der Waals surface area contributed by atoms with E-state index in [1.54, 1.807) is 22.7 Å². The highest BCUT2D eigenvalue weighted by Crippen LogP contribution is 2.17. The van der Waals surface area contributed by atoms with Crippen LogP contribution in [0.2, 0.25) is 0 Å². The van der Waals surface area contributed by atoms with Gasteiger partial charge in [-0.2, -0.15) is 0 Å². The van der Waals surface area contributed by atoms with Gasteiger partial charge in [-0.15, -0.1) is 0 Å². The van der Waals surface area contributed by atoms with E-state index >= 15 is 0 Å². The summed E-state index contributed by atoms with van der Waals surface area (Å²) < 4.78 is 6.98. The van der Waals surface area contributed by atoms with Gasteiger partial charge in [-0.05, 0) is 18.6 Å². The number of imidazole rings is 1. The number of fused-ring (bicyclic) bond motifs is 1. The lowest BCUT2D eigenvalue weighted by molar-refractivity contribution is 0.0690. The number of carboxylic acids is 1. The minimum Gasteiger partial charge on any atom is -0.476 e. The molecule has 2 aromatic heterocycles. The summed E-state index contributed by atoms with van der Waals surface area (Å²) in [6.45, 7) is 3.91. The van der Waals surface area contributed by atoms with Crippen molar-refractivity contribution in [2.45, 2.75) is 19.8 Å². The summed E-state index contributed by atoms with van der Waals surface area (Å²) in [5.74, 6) is -0.624. The molecule has 2 N–H and O–H groups in total. The maximum absolute atomic E-state index is 11.3. The number of hydrogen-bond acceptors (Lipinski definition) is 4. The Morgan fingerprint density at radius 1 is 1.45 bits per heavy atom. The average molecular weight is 277 g/mol. The molecule has 108 valence electrons. The van der Waals surface area contributed by atoms with Gasteiger partial charge in [0.2, 0.25) is 0 Å². The van der Waals surface area contributed by atoms with E-state index in [1.807, 2.05) is 6.07 Å². The van der Waals surface area contributed by atoms with Crippen molar-refractivity contribution in [2.24, 2.45) is 0 Å². The van der Waals surface area contributed by atoms with Crippen LogP contribution in [0.1, 0.15) is 30.3 Å². The first kappa shape index (κ1) is 14.3. The summed E-state index contributed by atoms with van der Waals surface area (Å²) in [5.41, 5.74) is 0.758. The van der Waals surface area contributed by atoms with Crippen molar-refractivity contribution in [1.82, 2.24) is 9.38 Å². The number of carboxylic acid groups (broad SMARTS) is 1. The number of carbonyl (C=O) groups is 1. The van der Waals surface area contributed by atoms with Crippen LogP contribution in [0, 0.1) is 0 Å². The number of ether oxygens (including phenoxy) is 1. The van der Waals surface area contributed by atoms with E-state index in [4.69, 9.17) is 4.74 Å². The molecule has 6 nitrogen and oxygen atoms in total. The summed E-state index contributed by atoms with van der Waals surface area (Å²) in [4.78, 5) is 15.6. The van der Waals surface area contributed by atoms with Crippen LogP contribution in [0.25, 0.3) is 5.65 Å². The van der Waals surface area contributed by atoms with Gasteiger partial charge in [0.15, 0.2) is 11.5 Å². The molecular weight excluding hydrogens is 258 g/mol. The molecule has 0 aliphatic rings. The van der Waals surface area contributed by atoms with Gasteiger partial charge in [-0.3, -0.25) is 4.40 Å². The Balaban J connectivity index is 2.02. The number of nitrogens with zero attached hydrogens (tertiary/aromatic N) is 2. The van der Waals surface area contributed by atoms with E-state index in [-0.39, 0.29) is 5.69 Å². The third-order valence-corrected chi connectivity index (χ3v) is 2.91. The van der Waals surface area contributed by atoms with Crippen molar-refractivity contribution in [3.8, 4) is 0 Å². The second-order valence-corrected chi connectivity index (χ2v) is 4.44. The standard InChI is InChI=1S/C14H19N3O3/c1-2-3-9-20-10-7-15-13-12(14(18)19)17-8-5-4-6-11(17)16-13/h4-6,8,15H,2-3,7,9-10H2,1H3,(H,18,19). The van der Waals surface area contributed by atoms with Gasteiger partial charge >= 0.3 is 5.97 Å². The predicted molar refractivity (Wildman–Crippen MR) is 76.4 cm³/mol. The molecule has 0 fully saturated rings. The molecule has 6 heteroatoms. The molecule has 0 saturated heterocycles. The molecule has 0 spiro atoms. The van der Waals surface area contributed by atoms with Crippen LogP contribution >= 0.6 is 0 Å². The van der Waals surface area contributed by atoms with E-state index < -0.39 is 5.97 Å². The van der Waals surface area contributed by atoms with Crippen LogP contribution in [0.3, 0.4) is 0 Å². The van der Waals surface area contributed by atoms with Crippen LogP contribution in [0.5, 0.6) is 0 Å². The molecule has 0 aromatic carbocycles. The first-order valence-corrected chi connectivity index (χ1v) is 6.76. The van der Waals surface area contributed by atoms with E-state index in [0.717, 1.165) is 19.4 Å². The fourth-order valence-electron chi connectivity index (χ4n) is 1.91. The van der Waals surface area contributed by atoms with Crippen molar-refractivity contribution < 1.29 is 14.6 Å². The Kier molecular flexibility index (Phi) is 4.95. The third kappa shape index (κ3) is 3.27. The van der Waals surface area contributed by atoms with Gasteiger partial charge in [0.1, 0.15) is 5.65 Å². The molecule has 0 bridgehead atoms. The molecular formula is C14H19N3O3. The van der Waals surface area contributed by atoms with Crippen molar-refractivity contribution in [3.05, 3.63) is 30.1 Å². The zero-order valence-corrected chi connectivity index (χ0v) is 11.5. The molecule has 2 heterocycles. The van der Waals surface area contributed by atoms with Gasteiger partial charge in [0.05, 0.1) is 6.61 Å². The fourth-order valence-corrected chi connectivity index (χ4v) is 1.91. The Morgan fingerprint density at radius 3 is 3.05 bits per heavy atom. The highest BCUT2D eigenvalue weighted by Gasteiger charge is 2.17. The largest absolute Gasteiger partial charge is 0.476 e. The second kappa shape index (κ2) is 6.91. The first-order chi connectivity index (χ1) is 9.74. The summed E-state index contributed by atoms with van der Waals surface area (Å²) in [7, 11) is 0. The number of aromatic nitrogens is 2. The average Bonchev–Trinajstić information content (AvgIpc) is 2.81. The topological polar surface area (TPSA) is 75.9 Å². The van der Waals surface area contributed by atoms with Gasteiger partial charge in [-0.1, -0.05) is 19.4 Å². The molecule has 2 aromatic rings. The van der Waals surface area contributed by atoms with Crippen molar-refractivity contribution >= 4 is 17.4 Å². The third-order valence-electron chi connectivity index (χ3n) is 2.91. The molecule has 2 rings (SSSR count). The predicted octanol–water partition coefficient (Wildman–Crippen LogP) is 2.26. The van der Waals surface area contributed by atoms with E-state index in [1.165, 1.54) is 0 Å². The van der Waals surface area contributed by atoms with Gasteiger partial charge < -0.3 is 15.2 Å². The molecule has 0 atom stereocenters. The normalized spacial score (nSPS) is 10.8. The van der Waals surface area contributed by atoms with Gasteiger partial charge in [0.25, 0.3) is 0 Å². The number of unbranched alkanes of at least 4 members (excludes halogenated alkanes) is 1. The summed E-state index contributed by atoms with van der Waals surface area (Å²) >= 11 is 0. The van der Waals surface area contributed by atoms with E-state index in [9.17, 15) is 9.90 Å².